The molecule has 0 fully saturated rings. The summed E-state index contributed by atoms with van der Waals surface area (Å²) in [5, 5.41) is 14.5. The predicted octanol–water partition coefficient (Wildman–Crippen LogP) is 0.613. The van der Waals surface area contributed by atoms with E-state index in [2.05, 4.69) is 16.8 Å². The van der Waals surface area contributed by atoms with Crippen LogP contribution in [0.2, 0.25) is 0 Å². The van der Waals surface area contributed by atoms with Gasteiger partial charge in [0.05, 0.1) is 0 Å². The van der Waals surface area contributed by atoms with E-state index in [0.29, 0.717) is 0 Å². The summed E-state index contributed by atoms with van der Waals surface area (Å²) in [6.45, 7) is 6.89. The number of hydrogen-bond donors (Lipinski definition) is 2. The molecule has 7 nitrogen and oxygen atoms in total. The summed E-state index contributed by atoms with van der Waals surface area (Å²) in [5.41, 5.74) is -0.117. The Kier molecular flexibility index (Phi) is 4.25. The van der Waals surface area contributed by atoms with Gasteiger partial charge in [-0.15, -0.1) is 6.58 Å². The molecule has 0 unspecified atom stereocenters. The second kappa shape index (κ2) is 5.32. The zero-order chi connectivity index (χ0) is 13.9. The molecular formula is C10H15N3O4S. The average Bonchev–Trinajstić information content (AvgIpc) is 2.68. The number of H-pyrrole nitrogens is 1. The van der Waals surface area contributed by atoms with Crippen LogP contribution in [0.1, 0.15) is 23.0 Å². The zero-order valence-corrected chi connectivity index (χ0v) is 11.0. The number of carboxylic acids is 1. The van der Waals surface area contributed by atoms with Crippen molar-refractivity contribution in [2.75, 3.05) is 13.1 Å². The standard InChI is InChI=1S/C10H15N3O4S/c1-4-6-13(5-2)18(16,17)9-8(10(14)15)7(3)11-12-9/h4H,1,5-6H2,2-3H3,(H,11,12)(H,14,15). The molecular weight excluding hydrogens is 258 g/mol. The van der Waals surface area contributed by atoms with E-state index in [1.165, 1.54) is 13.0 Å². The molecule has 1 rings (SSSR count). The van der Waals surface area contributed by atoms with Crippen molar-refractivity contribution in [2.24, 2.45) is 0 Å². The van der Waals surface area contributed by atoms with Gasteiger partial charge in [0.1, 0.15) is 5.56 Å². The van der Waals surface area contributed by atoms with E-state index in [1.807, 2.05) is 0 Å². The van der Waals surface area contributed by atoms with Crippen LogP contribution in [0.3, 0.4) is 0 Å². The molecule has 1 heterocycles. The molecule has 0 aliphatic carbocycles. The maximum atomic E-state index is 12.2. The van der Waals surface area contributed by atoms with Gasteiger partial charge in [-0.3, -0.25) is 5.10 Å². The molecule has 0 atom stereocenters. The van der Waals surface area contributed by atoms with E-state index in [-0.39, 0.29) is 24.3 Å². The van der Waals surface area contributed by atoms with E-state index in [0.717, 1.165) is 4.31 Å². The minimum Gasteiger partial charge on any atom is -0.478 e. The molecule has 0 saturated carbocycles. The van der Waals surface area contributed by atoms with E-state index >= 15 is 0 Å². The minimum atomic E-state index is -3.93. The van der Waals surface area contributed by atoms with Crippen LogP contribution in [-0.4, -0.2) is 47.1 Å². The number of aromatic carboxylic acids is 1. The maximum absolute atomic E-state index is 12.2. The van der Waals surface area contributed by atoms with Crippen molar-refractivity contribution in [1.82, 2.24) is 14.5 Å². The molecule has 0 aliphatic rings. The van der Waals surface area contributed by atoms with Crippen molar-refractivity contribution < 1.29 is 18.3 Å². The number of nitrogens with zero attached hydrogens (tertiary/aromatic N) is 2. The van der Waals surface area contributed by atoms with Gasteiger partial charge in [-0.2, -0.15) is 9.40 Å². The predicted molar refractivity (Wildman–Crippen MR) is 64.9 cm³/mol. The van der Waals surface area contributed by atoms with Gasteiger partial charge in [0, 0.05) is 18.8 Å². The lowest BCUT2D eigenvalue weighted by Gasteiger charge is -2.17. The van der Waals surface area contributed by atoms with Gasteiger partial charge in [-0.05, 0) is 6.92 Å². The Morgan fingerprint density at radius 3 is 2.67 bits per heavy atom. The number of aromatic amines is 1. The molecule has 0 aromatic carbocycles. The Labute approximate surface area is 105 Å². The third-order valence-electron chi connectivity index (χ3n) is 2.40. The van der Waals surface area contributed by atoms with Gasteiger partial charge in [-0.1, -0.05) is 13.0 Å². The van der Waals surface area contributed by atoms with Crippen LogP contribution >= 0.6 is 0 Å². The van der Waals surface area contributed by atoms with Gasteiger partial charge in [0.2, 0.25) is 5.03 Å². The number of nitrogens with one attached hydrogen (secondary N) is 1. The first kappa shape index (κ1) is 14.4. The highest BCUT2D eigenvalue weighted by molar-refractivity contribution is 7.89. The Bertz CT molecular complexity index is 562. The topological polar surface area (TPSA) is 103 Å². The molecule has 0 saturated heterocycles. The normalized spacial score (nSPS) is 11.7. The molecule has 1 aromatic rings. The lowest BCUT2D eigenvalue weighted by molar-refractivity contribution is 0.0691. The number of hydrogen-bond acceptors (Lipinski definition) is 4. The van der Waals surface area contributed by atoms with Gasteiger partial charge < -0.3 is 5.11 Å². The van der Waals surface area contributed by atoms with E-state index in [1.54, 1.807) is 6.92 Å². The molecule has 2 N–H and O–H groups in total. The van der Waals surface area contributed by atoms with Crippen molar-refractivity contribution in [3.63, 3.8) is 0 Å². The molecule has 1 aromatic heterocycles. The molecule has 0 bridgehead atoms. The monoisotopic (exact) mass is 273 g/mol. The fourth-order valence-electron chi connectivity index (χ4n) is 1.51. The fourth-order valence-corrected chi connectivity index (χ4v) is 3.05. The van der Waals surface area contributed by atoms with Crippen LogP contribution < -0.4 is 0 Å². The third kappa shape index (κ3) is 2.44. The summed E-state index contributed by atoms with van der Waals surface area (Å²) in [7, 11) is -3.93. The van der Waals surface area contributed by atoms with Crippen LogP contribution in [-0.2, 0) is 10.0 Å². The number of sulfonamides is 1. The van der Waals surface area contributed by atoms with Crippen LogP contribution in [0.5, 0.6) is 0 Å². The molecule has 8 heteroatoms. The van der Waals surface area contributed by atoms with Crippen molar-refractivity contribution in [3.8, 4) is 0 Å². The van der Waals surface area contributed by atoms with Crippen molar-refractivity contribution in [2.45, 2.75) is 18.9 Å². The first-order chi connectivity index (χ1) is 8.36. The number of aromatic nitrogens is 2. The van der Waals surface area contributed by atoms with Crippen molar-refractivity contribution >= 4 is 16.0 Å². The van der Waals surface area contributed by atoms with Crippen LogP contribution in [0.4, 0.5) is 0 Å². The van der Waals surface area contributed by atoms with Gasteiger partial charge in [-0.25, -0.2) is 13.2 Å². The Hall–Kier alpha value is -1.67. The van der Waals surface area contributed by atoms with Crippen molar-refractivity contribution in [1.29, 1.82) is 0 Å². The Morgan fingerprint density at radius 1 is 1.61 bits per heavy atom. The second-order valence-electron chi connectivity index (χ2n) is 3.58. The van der Waals surface area contributed by atoms with Gasteiger partial charge >= 0.3 is 5.97 Å². The first-order valence-corrected chi connectivity index (χ1v) is 6.69. The first-order valence-electron chi connectivity index (χ1n) is 5.25. The number of rotatable bonds is 6. The van der Waals surface area contributed by atoms with Crippen LogP contribution in [0.15, 0.2) is 17.7 Å². The van der Waals surface area contributed by atoms with E-state index in [4.69, 9.17) is 5.11 Å². The Balaban J connectivity index is 3.36. The number of carbonyl (C=O) groups is 1. The van der Waals surface area contributed by atoms with E-state index in [9.17, 15) is 13.2 Å². The Morgan fingerprint density at radius 2 is 2.22 bits per heavy atom. The minimum absolute atomic E-state index is 0.101. The summed E-state index contributed by atoms with van der Waals surface area (Å²) >= 11 is 0. The fraction of sp³-hybridized carbons (Fsp3) is 0.400. The molecule has 0 amide bonds. The van der Waals surface area contributed by atoms with Gasteiger partial charge in [0.15, 0.2) is 0 Å². The zero-order valence-electron chi connectivity index (χ0n) is 10.2. The molecule has 18 heavy (non-hydrogen) atoms. The summed E-state index contributed by atoms with van der Waals surface area (Å²) in [6, 6.07) is 0. The maximum Gasteiger partial charge on any atom is 0.340 e. The summed E-state index contributed by atoms with van der Waals surface area (Å²) in [5.74, 6) is -1.32. The quantitative estimate of drug-likeness (QED) is 0.739. The van der Waals surface area contributed by atoms with Gasteiger partial charge in [0.25, 0.3) is 10.0 Å². The largest absolute Gasteiger partial charge is 0.478 e. The average molecular weight is 273 g/mol. The molecule has 100 valence electrons. The summed E-state index contributed by atoms with van der Waals surface area (Å²) in [6.07, 6.45) is 1.43. The molecule has 0 aliphatic heterocycles. The van der Waals surface area contributed by atoms with E-state index < -0.39 is 21.0 Å². The third-order valence-corrected chi connectivity index (χ3v) is 4.27. The number of aryl methyl sites for hydroxylation is 1. The highest BCUT2D eigenvalue weighted by Crippen LogP contribution is 2.20. The number of likely N-dealkylation sites (N-methyl/N-ethyl adjacent to an activating group) is 1. The van der Waals surface area contributed by atoms with Crippen LogP contribution in [0.25, 0.3) is 0 Å². The lowest BCUT2D eigenvalue weighted by atomic mass is 10.3. The summed E-state index contributed by atoms with van der Waals surface area (Å²) < 4.78 is 25.5. The highest BCUT2D eigenvalue weighted by atomic mass is 32.2. The molecule has 0 radical (unpaired) electrons. The number of carboxylic acid groups (broad SMARTS) is 1. The van der Waals surface area contributed by atoms with Crippen molar-refractivity contribution in [3.05, 3.63) is 23.9 Å². The SMILES string of the molecule is C=CCN(CC)S(=O)(=O)c1n[nH]c(C)c1C(=O)O. The molecule has 0 spiro atoms. The lowest BCUT2D eigenvalue weighted by Crippen LogP contribution is -2.32. The van der Waals surface area contributed by atoms with Crippen LogP contribution in [0, 0.1) is 6.92 Å². The summed E-state index contributed by atoms with van der Waals surface area (Å²) in [4.78, 5) is 11.1. The highest BCUT2D eigenvalue weighted by Gasteiger charge is 2.31. The second-order valence-corrected chi connectivity index (χ2v) is 5.43. The smallest absolute Gasteiger partial charge is 0.340 e.